The van der Waals surface area contributed by atoms with E-state index in [1.165, 1.54) is 0 Å². The lowest BCUT2D eigenvalue weighted by atomic mass is 10.1. The molecule has 1 saturated heterocycles. The maximum absolute atomic E-state index is 12.3. The highest BCUT2D eigenvalue weighted by molar-refractivity contribution is 9.10. The highest BCUT2D eigenvalue weighted by Gasteiger charge is 2.21. The molecular weight excluding hydrogens is 360 g/mol. The fourth-order valence-corrected chi connectivity index (χ4v) is 3.04. The van der Waals surface area contributed by atoms with E-state index in [9.17, 15) is 4.79 Å². The molecule has 21 heavy (non-hydrogen) atoms. The highest BCUT2D eigenvalue weighted by Crippen LogP contribution is 2.38. The van der Waals surface area contributed by atoms with Crippen LogP contribution in [0.5, 0.6) is 11.5 Å². The second-order valence-electron chi connectivity index (χ2n) is 5.00. The molecule has 7 heteroatoms. The molecule has 0 saturated carbocycles. The Kier molecular flexibility index (Phi) is 5.72. The van der Waals surface area contributed by atoms with Crippen LogP contribution >= 0.6 is 28.3 Å². The lowest BCUT2D eigenvalue weighted by molar-refractivity contribution is 0.0929. The number of benzene rings is 1. The Labute approximate surface area is 138 Å². The van der Waals surface area contributed by atoms with Crippen LogP contribution in [0.3, 0.4) is 0 Å². The molecule has 1 fully saturated rings. The van der Waals surface area contributed by atoms with Gasteiger partial charge >= 0.3 is 0 Å². The lowest BCUT2D eigenvalue weighted by Crippen LogP contribution is -2.45. The van der Waals surface area contributed by atoms with E-state index in [2.05, 4.69) is 26.6 Å². The standard InChI is InChI=1S/C14H17BrN2O3.ClH/c15-11-6-9(7-12-13(11)20-5-4-19-12)14(18)17-10-2-1-3-16-8-10;/h6-7,10,16H,1-5,8H2,(H,17,18);1H/t10-;/m0./s1. The third-order valence-electron chi connectivity index (χ3n) is 3.49. The minimum atomic E-state index is -0.0728. The zero-order chi connectivity index (χ0) is 13.9. The normalized spacial score (nSPS) is 20.3. The van der Waals surface area contributed by atoms with Gasteiger partial charge in [0.15, 0.2) is 11.5 Å². The van der Waals surface area contributed by atoms with Gasteiger partial charge in [0.25, 0.3) is 5.91 Å². The average molecular weight is 378 g/mol. The maximum Gasteiger partial charge on any atom is 0.251 e. The SMILES string of the molecule is Cl.O=C(N[C@H]1CCCNC1)c1cc(Br)c2c(c1)OCCO2. The molecule has 1 aromatic carbocycles. The van der Waals surface area contributed by atoms with Crippen molar-refractivity contribution in [1.82, 2.24) is 10.6 Å². The largest absolute Gasteiger partial charge is 0.486 e. The van der Waals surface area contributed by atoms with E-state index in [0.29, 0.717) is 30.3 Å². The molecule has 0 aromatic heterocycles. The van der Waals surface area contributed by atoms with Crippen molar-refractivity contribution in [3.63, 3.8) is 0 Å². The van der Waals surface area contributed by atoms with Crippen LogP contribution in [0, 0.1) is 0 Å². The highest BCUT2D eigenvalue weighted by atomic mass is 79.9. The molecule has 1 amide bonds. The van der Waals surface area contributed by atoms with E-state index in [1.54, 1.807) is 12.1 Å². The number of hydrogen-bond acceptors (Lipinski definition) is 4. The van der Waals surface area contributed by atoms with Crippen LogP contribution in [0.2, 0.25) is 0 Å². The summed E-state index contributed by atoms with van der Waals surface area (Å²) in [6, 6.07) is 3.72. The number of rotatable bonds is 2. The number of amides is 1. The Balaban J connectivity index is 0.00000161. The first-order valence-electron chi connectivity index (χ1n) is 6.85. The summed E-state index contributed by atoms with van der Waals surface area (Å²) in [4.78, 5) is 12.3. The number of carbonyl (C=O) groups is 1. The number of halogens is 2. The Bertz CT molecular complexity index is 521. The van der Waals surface area contributed by atoms with Gasteiger partial charge in [-0.3, -0.25) is 4.79 Å². The van der Waals surface area contributed by atoms with Crippen LogP contribution in [-0.2, 0) is 0 Å². The van der Waals surface area contributed by atoms with Crippen LogP contribution in [0.4, 0.5) is 0 Å². The summed E-state index contributed by atoms with van der Waals surface area (Å²) in [6.07, 6.45) is 2.11. The minimum Gasteiger partial charge on any atom is -0.486 e. The Morgan fingerprint density at radius 1 is 1.33 bits per heavy atom. The van der Waals surface area contributed by atoms with Crippen molar-refractivity contribution in [2.24, 2.45) is 0 Å². The molecule has 2 N–H and O–H groups in total. The van der Waals surface area contributed by atoms with Crippen LogP contribution in [0.25, 0.3) is 0 Å². The molecule has 1 aromatic rings. The fourth-order valence-electron chi connectivity index (χ4n) is 2.49. The third-order valence-corrected chi connectivity index (χ3v) is 4.08. The van der Waals surface area contributed by atoms with E-state index in [0.717, 1.165) is 30.4 Å². The summed E-state index contributed by atoms with van der Waals surface area (Å²) in [7, 11) is 0. The molecule has 5 nitrogen and oxygen atoms in total. The van der Waals surface area contributed by atoms with Crippen LogP contribution < -0.4 is 20.1 Å². The molecular formula is C14H18BrClN2O3. The first-order chi connectivity index (χ1) is 9.74. The summed E-state index contributed by atoms with van der Waals surface area (Å²) in [5.74, 6) is 1.22. The molecule has 0 unspecified atom stereocenters. The molecule has 3 rings (SSSR count). The maximum atomic E-state index is 12.3. The second-order valence-corrected chi connectivity index (χ2v) is 5.85. The Morgan fingerprint density at radius 2 is 2.14 bits per heavy atom. The van der Waals surface area contributed by atoms with Gasteiger partial charge in [-0.2, -0.15) is 0 Å². The fraction of sp³-hybridized carbons (Fsp3) is 0.500. The molecule has 2 heterocycles. The van der Waals surface area contributed by atoms with E-state index >= 15 is 0 Å². The van der Waals surface area contributed by atoms with Crippen LogP contribution in [-0.4, -0.2) is 38.3 Å². The smallest absolute Gasteiger partial charge is 0.251 e. The number of nitrogens with one attached hydrogen (secondary N) is 2. The first-order valence-corrected chi connectivity index (χ1v) is 7.64. The van der Waals surface area contributed by atoms with Gasteiger partial charge in [0.1, 0.15) is 13.2 Å². The van der Waals surface area contributed by atoms with Crippen molar-refractivity contribution >= 4 is 34.2 Å². The molecule has 0 bridgehead atoms. The minimum absolute atomic E-state index is 0. The quantitative estimate of drug-likeness (QED) is 0.829. The van der Waals surface area contributed by atoms with Crippen molar-refractivity contribution in [2.75, 3.05) is 26.3 Å². The third kappa shape index (κ3) is 3.81. The summed E-state index contributed by atoms with van der Waals surface area (Å²) in [6.45, 7) is 2.90. The summed E-state index contributed by atoms with van der Waals surface area (Å²) < 4.78 is 11.8. The van der Waals surface area contributed by atoms with E-state index in [-0.39, 0.29) is 24.4 Å². The van der Waals surface area contributed by atoms with Crippen molar-refractivity contribution < 1.29 is 14.3 Å². The predicted octanol–water partition coefficient (Wildman–Crippen LogP) is 2.12. The zero-order valence-electron chi connectivity index (χ0n) is 11.5. The first kappa shape index (κ1) is 16.4. The monoisotopic (exact) mass is 376 g/mol. The van der Waals surface area contributed by atoms with Crippen molar-refractivity contribution in [2.45, 2.75) is 18.9 Å². The van der Waals surface area contributed by atoms with Crippen molar-refractivity contribution in [3.05, 3.63) is 22.2 Å². The van der Waals surface area contributed by atoms with E-state index < -0.39 is 0 Å². The molecule has 116 valence electrons. The number of hydrogen-bond donors (Lipinski definition) is 2. The van der Waals surface area contributed by atoms with Gasteiger partial charge in [0, 0.05) is 18.2 Å². The molecule has 0 aliphatic carbocycles. The van der Waals surface area contributed by atoms with Crippen LogP contribution in [0.15, 0.2) is 16.6 Å². The summed E-state index contributed by atoms with van der Waals surface area (Å²) >= 11 is 3.43. The van der Waals surface area contributed by atoms with Crippen LogP contribution in [0.1, 0.15) is 23.2 Å². The number of carbonyl (C=O) groups excluding carboxylic acids is 1. The predicted molar refractivity (Wildman–Crippen MR) is 85.7 cm³/mol. The molecule has 1 atom stereocenters. The summed E-state index contributed by atoms with van der Waals surface area (Å²) in [5.41, 5.74) is 0.590. The van der Waals surface area contributed by atoms with Gasteiger partial charge in [0.05, 0.1) is 4.47 Å². The van der Waals surface area contributed by atoms with Gasteiger partial charge in [-0.05, 0) is 47.4 Å². The number of fused-ring (bicyclic) bond motifs is 1. The molecule has 0 spiro atoms. The van der Waals surface area contributed by atoms with Crippen molar-refractivity contribution in [3.8, 4) is 11.5 Å². The number of ether oxygens (including phenoxy) is 2. The van der Waals surface area contributed by atoms with Gasteiger partial charge < -0.3 is 20.1 Å². The average Bonchev–Trinajstić information content (AvgIpc) is 2.48. The Morgan fingerprint density at radius 3 is 2.90 bits per heavy atom. The lowest BCUT2D eigenvalue weighted by Gasteiger charge is -2.24. The van der Waals surface area contributed by atoms with Gasteiger partial charge in [-0.15, -0.1) is 12.4 Å². The van der Waals surface area contributed by atoms with E-state index in [1.807, 2.05) is 0 Å². The molecule has 2 aliphatic heterocycles. The summed E-state index contributed by atoms with van der Waals surface area (Å²) in [5, 5.41) is 6.33. The van der Waals surface area contributed by atoms with Gasteiger partial charge in [0.2, 0.25) is 0 Å². The molecule has 2 aliphatic rings. The number of piperidine rings is 1. The molecule has 0 radical (unpaired) electrons. The Hall–Kier alpha value is -0.980. The second kappa shape index (κ2) is 7.33. The zero-order valence-corrected chi connectivity index (χ0v) is 13.9. The van der Waals surface area contributed by atoms with Gasteiger partial charge in [-0.1, -0.05) is 0 Å². The van der Waals surface area contributed by atoms with Gasteiger partial charge in [-0.25, -0.2) is 0 Å². The topological polar surface area (TPSA) is 59.6 Å². The van der Waals surface area contributed by atoms with Crippen molar-refractivity contribution in [1.29, 1.82) is 0 Å². The van der Waals surface area contributed by atoms with E-state index in [4.69, 9.17) is 9.47 Å².